The molecule has 8 heavy (non-hydrogen) atoms. The summed E-state index contributed by atoms with van der Waals surface area (Å²) in [6.45, 7) is 5.48. The molecular formula is C6H13NO. The fourth-order valence-corrected chi connectivity index (χ4v) is 0.361. The number of methoxy groups -OCH3 is 1. The number of hydrogen-bond donors (Lipinski definition) is 0. The molecule has 0 unspecified atom stereocenters. The van der Waals surface area contributed by atoms with E-state index in [9.17, 15) is 0 Å². The predicted molar refractivity (Wildman–Crippen MR) is 35.5 cm³/mol. The second-order valence-corrected chi connectivity index (χ2v) is 1.82. The largest absolute Gasteiger partial charge is 0.383 e. The summed E-state index contributed by atoms with van der Waals surface area (Å²) in [5, 5.41) is 0. The monoisotopic (exact) mass is 115 g/mol. The van der Waals surface area contributed by atoms with E-state index in [-0.39, 0.29) is 0 Å². The van der Waals surface area contributed by atoms with Crippen molar-refractivity contribution < 1.29 is 4.74 Å². The minimum atomic E-state index is 0.727. The van der Waals surface area contributed by atoms with Gasteiger partial charge >= 0.3 is 0 Å². The van der Waals surface area contributed by atoms with E-state index in [4.69, 9.17) is 4.74 Å². The van der Waals surface area contributed by atoms with Gasteiger partial charge in [-0.3, -0.25) is 4.99 Å². The van der Waals surface area contributed by atoms with Gasteiger partial charge < -0.3 is 4.74 Å². The molecule has 0 saturated heterocycles. The Bertz CT molecular complexity index is 74.6. The SMILES string of the molecule is COCCN=C(C)C. The molecule has 0 saturated carbocycles. The summed E-state index contributed by atoms with van der Waals surface area (Å²) < 4.78 is 4.79. The van der Waals surface area contributed by atoms with Crippen molar-refractivity contribution in [2.45, 2.75) is 13.8 Å². The minimum absolute atomic E-state index is 0.727. The Morgan fingerprint density at radius 2 is 2.12 bits per heavy atom. The predicted octanol–water partition coefficient (Wildman–Crippen LogP) is 1.11. The summed E-state index contributed by atoms with van der Waals surface area (Å²) in [5.74, 6) is 0. The maximum Gasteiger partial charge on any atom is 0.0658 e. The zero-order valence-corrected chi connectivity index (χ0v) is 5.77. The van der Waals surface area contributed by atoms with Crippen molar-refractivity contribution in [3.05, 3.63) is 0 Å². The first-order valence-corrected chi connectivity index (χ1v) is 2.74. The molecule has 0 atom stereocenters. The van der Waals surface area contributed by atoms with Crippen LogP contribution in [0.4, 0.5) is 0 Å². The second-order valence-electron chi connectivity index (χ2n) is 1.82. The van der Waals surface area contributed by atoms with Crippen LogP contribution in [0.2, 0.25) is 0 Å². The molecule has 0 bridgehead atoms. The lowest BCUT2D eigenvalue weighted by Gasteiger charge is -1.91. The van der Waals surface area contributed by atoms with Crippen LogP contribution in [-0.4, -0.2) is 26.0 Å². The van der Waals surface area contributed by atoms with Crippen LogP contribution in [0.25, 0.3) is 0 Å². The van der Waals surface area contributed by atoms with Crippen molar-refractivity contribution in [3.8, 4) is 0 Å². The molecule has 0 heterocycles. The van der Waals surface area contributed by atoms with Gasteiger partial charge in [-0.1, -0.05) is 0 Å². The molecule has 0 aromatic rings. The molecule has 0 rings (SSSR count). The molecule has 0 amide bonds. The average molecular weight is 115 g/mol. The molecule has 0 aromatic heterocycles. The smallest absolute Gasteiger partial charge is 0.0658 e. The lowest BCUT2D eigenvalue weighted by atomic mass is 10.5. The van der Waals surface area contributed by atoms with E-state index in [1.165, 1.54) is 0 Å². The quantitative estimate of drug-likeness (QED) is 0.399. The van der Waals surface area contributed by atoms with E-state index in [2.05, 4.69) is 4.99 Å². The first kappa shape index (κ1) is 7.63. The first-order chi connectivity index (χ1) is 3.77. The minimum Gasteiger partial charge on any atom is -0.383 e. The Labute approximate surface area is 50.6 Å². The van der Waals surface area contributed by atoms with Gasteiger partial charge in [0, 0.05) is 12.8 Å². The van der Waals surface area contributed by atoms with Gasteiger partial charge in [0.15, 0.2) is 0 Å². The summed E-state index contributed by atoms with van der Waals surface area (Å²) in [7, 11) is 1.68. The highest BCUT2D eigenvalue weighted by Gasteiger charge is 1.77. The number of rotatable bonds is 3. The van der Waals surface area contributed by atoms with Crippen LogP contribution in [-0.2, 0) is 4.74 Å². The third kappa shape index (κ3) is 5.63. The van der Waals surface area contributed by atoms with Gasteiger partial charge in [0.1, 0.15) is 0 Å². The van der Waals surface area contributed by atoms with E-state index in [0.717, 1.165) is 18.9 Å². The van der Waals surface area contributed by atoms with Gasteiger partial charge in [-0.05, 0) is 13.8 Å². The fourth-order valence-electron chi connectivity index (χ4n) is 0.361. The zero-order valence-electron chi connectivity index (χ0n) is 5.77. The molecule has 0 aliphatic rings. The third-order valence-corrected chi connectivity index (χ3v) is 0.723. The number of aliphatic imine (C=N–C) groups is 1. The van der Waals surface area contributed by atoms with Gasteiger partial charge in [0.05, 0.1) is 13.2 Å². The summed E-state index contributed by atoms with van der Waals surface area (Å²) in [4.78, 5) is 4.11. The van der Waals surface area contributed by atoms with Crippen LogP contribution in [0.1, 0.15) is 13.8 Å². The highest BCUT2D eigenvalue weighted by Crippen LogP contribution is 1.75. The van der Waals surface area contributed by atoms with Gasteiger partial charge in [0.25, 0.3) is 0 Å². The van der Waals surface area contributed by atoms with Gasteiger partial charge in [-0.15, -0.1) is 0 Å². The molecule has 2 heteroatoms. The van der Waals surface area contributed by atoms with Crippen molar-refractivity contribution in [2.75, 3.05) is 20.3 Å². The molecule has 48 valence electrons. The third-order valence-electron chi connectivity index (χ3n) is 0.723. The topological polar surface area (TPSA) is 21.6 Å². The fraction of sp³-hybridized carbons (Fsp3) is 0.833. The molecule has 0 fully saturated rings. The van der Waals surface area contributed by atoms with Crippen molar-refractivity contribution >= 4 is 5.71 Å². The van der Waals surface area contributed by atoms with Gasteiger partial charge in [-0.25, -0.2) is 0 Å². The Hall–Kier alpha value is -0.370. The maximum absolute atomic E-state index is 4.79. The summed E-state index contributed by atoms with van der Waals surface area (Å²) >= 11 is 0. The number of hydrogen-bond acceptors (Lipinski definition) is 2. The van der Waals surface area contributed by atoms with Crippen LogP contribution in [0.3, 0.4) is 0 Å². The molecule has 2 nitrogen and oxygen atoms in total. The van der Waals surface area contributed by atoms with Crippen LogP contribution in [0, 0.1) is 0 Å². The Kier molecular flexibility index (Phi) is 4.56. The van der Waals surface area contributed by atoms with Crippen LogP contribution in [0.15, 0.2) is 4.99 Å². The lowest BCUT2D eigenvalue weighted by molar-refractivity contribution is 0.208. The zero-order chi connectivity index (χ0) is 6.41. The molecule has 0 radical (unpaired) electrons. The molecular weight excluding hydrogens is 102 g/mol. The highest BCUT2D eigenvalue weighted by atomic mass is 16.5. The van der Waals surface area contributed by atoms with Gasteiger partial charge in [-0.2, -0.15) is 0 Å². The van der Waals surface area contributed by atoms with E-state index >= 15 is 0 Å². The standard InChI is InChI=1S/C6H13NO/c1-6(2)7-4-5-8-3/h4-5H2,1-3H3. The van der Waals surface area contributed by atoms with Crippen molar-refractivity contribution in [1.29, 1.82) is 0 Å². The van der Waals surface area contributed by atoms with Crippen molar-refractivity contribution in [2.24, 2.45) is 4.99 Å². The van der Waals surface area contributed by atoms with Crippen LogP contribution >= 0.6 is 0 Å². The summed E-state index contributed by atoms with van der Waals surface area (Å²) in [6, 6.07) is 0. The van der Waals surface area contributed by atoms with Crippen LogP contribution in [0.5, 0.6) is 0 Å². The van der Waals surface area contributed by atoms with E-state index < -0.39 is 0 Å². The number of nitrogens with zero attached hydrogens (tertiary/aromatic N) is 1. The Morgan fingerprint density at radius 1 is 1.50 bits per heavy atom. The van der Waals surface area contributed by atoms with Gasteiger partial charge in [0.2, 0.25) is 0 Å². The van der Waals surface area contributed by atoms with Crippen molar-refractivity contribution in [1.82, 2.24) is 0 Å². The first-order valence-electron chi connectivity index (χ1n) is 2.74. The summed E-state index contributed by atoms with van der Waals surface area (Å²) in [6.07, 6.45) is 0. The molecule has 0 aliphatic carbocycles. The lowest BCUT2D eigenvalue weighted by Crippen LogP contribution is -1.94. The normalized spacial score (nSPS) is 8.88. The van der Waals surface area contributed by atoms with Crippen LogP contribution < -0.4 is 0 Å². The Balaban J connectivity index is 3.03. The maximum atomic E-state index is 4.79. The average Bonchev–Trinajstić information content (AvgIpc) is 1.66. The molecule has 0 N–H and O–H groups in total. The second kappa shape index (κ2) is 4.78. The highest BCUT2D eigenvalue weighted by molar-refractivity contribution is 5.78. The molecule has 0 spiro atoms. The molecule has 0 aliphatic heterocycles. The van der Waals surface area contributed by atoms with E-state index in [0.29, 0.717) is 0 Å². The summed E-state index contributed by atoms with van der Waals surface area (Å²) in [5.41, 5.74) is 1.11. The van der Waals surface area contributed by atoms with Crippen molar-refractivity contribution in [3.63, 3.8) is 0 Å². The number of ether oxygens (including phenoxy) is 1. The molecule has 0 aromatic carbocycles. The van der Waals surface area contributed by atoms with E-state index in [1.807, 2.05) is 13.8 Å². The van der Waals surface area contributed by atoms with E-state index in [1.54, 1.807) is 7.11 Å². The Morgan fingerprint density at radius 3 is 2.50 bits per heavy atom.